The van der Waals surface area contributed by atoms with E-state index in [9.17, 15) is 0 Å². The van der Waals surface area contributed by atoms with Crippen molar-refractivity contribution in [3.63, 3.8) is 0 Å². The Labute approximate surface area is 191 Å². The van der Waals surface area contributed by atoms with Crippen molar-refractivity contribution in [2.45, 2.75) is 26.9 Å². The highest BCUT2D eigenvalue weighted by molar-refractivity contribution is 7.80. The maximum absolute atomic E-state index is 5.81. The van der Waals surface area contributed by atoms with Crippen LogP contribution in [0.2, 0.25) is 0 Å². The molecule has 0 radical (unpaired) electrons. The molecule has 162 valence electrons. The van der Waals surface area contributed by atoms with E-state index in [1.165, 1.54) is 16.8 Å². The fourth-order valence-electron chi connectivity index (χ4n) is 3.53. The first-order valence-corrected chi connectivity index (χ1v) is 11.1. The van der Waals surface area contributed by atoms with Crippen LogP contribution in [-0.2, 0) is 13.1 Å². The monoisotopic (exact) mass is 433 g/mol. The standard InChI is InChI=1S/C26H31N3OS/c1-4-28(5-2)24-16-14-22(15-17-24)20-29(19-21-10-7-6-8-11-21)26(31)27-23-12-9-13-25(18-23)30-3/h6-18H,4-5,19-20H2,1-3H3,(H,27,31). The van der Waals surface area contributed by atoms with Crippen molar-refractivity contribution in [2.75, 3.05) is 30.4 Å². The number of thiocarbonyl (C=S) groups is 1. The van der Waals surface area contributed by atoms with Gasteiger partial charge in [0.05, 0.1) is 7.11 Å². The summed E-state index contributed by atoms with van der Waals surface area (Å²) in [6.07, 6.45) is 0. The molecule has 0 fully saturated rings. The minimum Gasteiger partial charge on any atom is -0.497 e. The molecular formula is C26H31N3OS. The zero-order valence-corrected chi connectivity index (χ0v) is 19.4. The number of anilines is 2. The Morgan fingerprint density at radius 3 is 2.10 bits per heavy atom. The fraction of sp³-hybridized carbons (Fsp3) is 0.269. The minimum absolute atomic E-state index is 0.685. The molecule has 0 spiro atoms. The first kappa shape index (κ1) is 22.6. The average molecular weight is 434 g/mol. The molecule has 1 N–H and O–H groups in total. The quantitative estimate of drug-likeness (QED) is 0.422. The number of hydrogen-bond donors (Lipinski definition) is 1. The van der Waals surface area contributed by atoms with Crippen molar-refractivity contribution in [1.82, 2.24) is 4.90 Å². The maximum atomic E-state index is 5.81. The zero-order chi connectivity index (χ0) is 22.1. The molecule has 3 aromatic carbocycles. The Hall–Kier alpha value is -3.05. The Morgan fingerprint density at radius 2 is 1.48 bits per heavy atom. The topological polar surface area (TPSA) is 27.7 Å². The SMILES string of the molecule is CCN(CC)c1ccc(CN(Cc2ccccc2)C(=S)Nc2cccc(OC)c2)cc1. The van der Waals surface area contributed by atoms with Gasteiger partial charge < -0.3 is 19.9 Å². The predicted molar refractivity (Wildman–Crippen MR) is 135 cm³/mol. The number of rotatable bonds is 9. The van der Waals surface area contributed by atoms with Crippen LogP contribution in [0.3, 0.4) is 0 Å². The van der Waals surface area contributed by atoms with E-state index in [0.29, 0.717) is 5.11 Å². The van der Waals surface area contributed by atoms with Crippen LogP contribution in [0.1, 0.15) is 25.0 Å². The molecule has 0 heterocycles. The molecule has 0 saturated carbocycles. The van der Waals surface area contributed by atoms with Gasteiger partial charge in [0.25, 0.3) is 0 Å². The van der Waals surface area contributed by atoms with Crippen molar-refractivity contribution in [3.05, 3.63) is 90.0 Å². The normalized spacial score (nSPS) is 10.4. The van der Waals surface area contributed by atoms with Gasteiger partial charge in [0.1, 0.15) is 5.75 Å². The van der Waals surface area contributed by atoms with E-state index in [1.54, 1.807) is 7.11 Å². The fourth-order valence-corrected chi connectivity index (χ4v) is 3.77. The Bertz CT molecular complexity index is 956. The summed E-state index contributed by atoms with van der Waals surface area (Å²) in [5.74, 6) is 0.800. The summed E-state index contributed by atoms with van der Waals surface area (Å²) in [4.78, 5) is 4.54. The second-order valence-corrected chi connectivity index (χ2v) is 7.73. The number of nitrogens with one attached hydrogen (secondary N) is 1. The number of ether oxygens (including phenoxy) is 1. The van der Waals surface area contributed by atoms with Crippen LogP contribution in [-0.4, -0.2) is 30.2 Å². The summed E-state index contributed by atoms with van der Waals surface area (Å²) in [6.45, 7) is 7.83. The number of nitrogens with zero attached hydrogens (tertiary/aromatic N) is 2. The van der Waals surface area contributed by atoms with Crippen LogP contribution in [0.25, 0.3) is 0 Å². The molecule has 0 amide bonds. The van der Waals surface area contributed by atoms with E-state index in [-0.39, 0.29) is 0 Å². The van der Waals surface area contributed by atoms with Crippen molar-refractivity contribution < 1.29 is 4.74 Å². The lowest BCUT2D eigenvalue weighted by Crippen LogP contribution is -2.33. The first-order valence-electron chi connectivity index (χ1n) is 10.7. The second-order valence-electron chi connectivity index (χ2n) is 7.34. The Morgan fingerprint density at radius 1 is 0.839 bits per heavy atom. The molecule has 31 heavy (non-hydrogen) atoms. The Kier molecular flexibility index (Phi) is 8.30. The van der Waals surface area contributed by atoms with Crippen molar-refractivity contribution >= 4 is 28.7 Å². The van der Waals surface area contributed by atoms with Crippen LogP contribution in [0.15, 0.2) is 78.9 Å². The van der Waals surface area contributed by atoms with Gasteiger partial charge >= 0.3 is 0 Å². The summed E-state index contributed by atoms with van der Waals surface area (Å²) < 4.78 is 5.34. The molecule has 5 heteroatoms. The zero-order valence-electron chi connectivity index (χ0n) is 18.5. The van der Waals surface area contributed by atoms with E-state index in [2.05, 4.69) is 77.5 Å². The van der Waals surface area contributed by atoms with Gasteiger partial charge in [0, 0.05) is 43.6 Å². The number of hydrogen-bond acceptors (Lipinski definition) is 3. The molecule has 3 rings (SSSR count). The lowest BCUT2D eigenvalue weighted by molar-refractivity contribution is 0.412. The second kappa shape index (κ2) is 11.4. The third kappa shape index (κ3) is 6.46. The van der Waals surface area contributed by atoms with Crippen molar-refractivity contribution in [2.24, 2.45) is 0 Å². The third-order valence-corrected chi connectivity index (χ3v) is 5.62. The van der Waals surface area contributed by atoms with Gasteiger partial charge in [-0.3, -0.25) is 0 Å². The van der Waals surface area contributed by atoms with Crippen LogP contribution in [0.5, 0.6) is 5.75 Å². The number of benzene rings is 3. The predicted octanol–water partition coefficient (Wildman–Crippen LogP) is 5.94. The summed E-state index contributed by atoms with van der Waals surface area (Å²) >= 11 is 5.81. The lowest BCUT2D eigenvalue weighted by atomic mass is 10.1. The molecule has 0 aliphatic heterocycles. The third-order valence-electron chi connectivity index (χ3n) is 5.26. The van der Waals surface area contributed by atoms with Crippen LogP contribution < -0.4 is 15.0 Å². The highest BCUT2D eigenvalue weighted by Crippen LogP contribution is 2.20. The van der Waals surface area contributed by atoms with Crippen molar-refractivity contribution in [3.8, 4) is 5.75 Å². The van der Waals surface area contributed by atoms with Gasteiger partial charge in [-0.05, 0) is 61.5 Å². The lowest BCUT2D eigenvalue weighted by Gasteiger charge is -2.27. The molecule has 0 atom stereocenters. The summed E-state index contributed by atoms with van der Waals surface area (Å²) in [5.41, 5.74) is 4.61. The smallest absolute Gasteiger partial charge is 0.174 e. The molecule has 0 unspecified atom stereocenters. The average Bonchev–Trinajstić information content (AvgIpc) is 2.81. The highest BCUT2D eigenvalue weighted by Gasteiger charge is 2.13. The van der Waals surface area contributed by atoms with E-state index in [4.69, 9.17) is 17.0 Å². The molecule has 0 bridgehead atoms. The largest absolute Gasteiger partial charge is 0.497 e. The molecule has 0 aromatic heterocycles. The van der Waals surface area contributed by atoms with Gasteiger partial charge in [-0.1, -0.05) is 48.5 Å². The van der Waals surface area contributed by atoms with Gasteiger partial charge in [0.15, 0.2) is 5.11 Å². The summed E-state index contributed by atoms with van der Waals surface area (Å²) in [7, 11) is 1.67. The highest BCUT2D eigenvalue weighted by atomic mass is 32.1. The summed E-state index contributed by atoms with van der Waals surface area (Å²) in [6, 6.07) is 27.0. The maximum Gasteiger partial charge on any atom is 0.174 e. The summed E-state index contributed by atoms with van der Waals surface area (Å²) in [5, 5.41) is 4.06. The van der Waals surface area contributed by atoms with E-state index < -0.39 is 0 Å². The van der Waals surface area contributed by atoms with Crippen molar-refractivity contribution in [1.29, 1.82) is 0 Å². The van der Waals surface area contributed by atoms with Crippen LogP contribution >= 0.6 is 12.2 Å². The number of methoxy groups -OCH3 is 1. The van der Waals surface area contributed by atoms with Crippen LogP contribution in [0.4, 0.5) is 11.4 Å². The Balaban J connectivity index is 1.78. The molecule has 0 aliphatic rings. The first-order chi connectivity index (χ1) is 15.1. The van der Waals surface area contributed by atoms with E-state index in [1.807, 2.05) is 30.3 Å². The minimum atomic E-state index is 0.685. The molecule has 0 aliphatic carbocycles. The molecule has 4 nitrogen and oxygen atoms in total. The molecule has 0 saturated heterocycles. The van der Waals surface area contributed by atoms with Gasteiger partial charge in [-0.2, -0.15) is 0 Å². The van der Waals surface area contributed by atoms with Gasteiger partial charge in [-0.25, -0.2) is 0 Å². The van der Waals surface area contributed by atoms with Crippen LogP contribution in [0, 0.1) is 0 Å². The molecule has 3 aromatic rings. The van der Waals surface area contributed by atoms with E-state index >= 15 is 0 Å². The molecular weight excluding hydrogens is 402 g/mol. The van der Waals surface area contributed by atoms with Gasteiger partial charge in [0.2, 0.25) is 0 Å². The van der Waals surface area contributed by atoms with Gasteiger partial charge in [-0.15, -0.1) is 0 Å². The van der Waals surface area contributed by atoms with E-state index in [0.717, 1.165) is 37.6 Å².